The van der Waals surface area contributed by atoms with E-state index in [2.05, 4.69) is 6.07 Å². The molecule has 0 aliphatic rings. The molecule has 21 heavy (non-hydrogen) atoms. The second-order valence-corrected chi connectivity index (χ2v) is 5.25. The third kappa shape index (κ3) is 3.30. The molecule has 0 saturated heterocycles. The molecule has 2 rings (SSSR count). The Labute approximate surface area is 130 Å². The van der Waals surface area contributed by atoms with Gasteiger partial charge in [-0.3, -0.25) is 0 Å². The van der Waals surface area contributed by atoms with Crippen molar-refractivity contribution in [2.24, 2.45) is 0 Å². The standard InChI is InChI=1S/C15H10ClNO3S/c1-21-14-4-2-3-12(10(14)8-17)20-13-6-5-9(15(18)19)7-11(13)16/h2-7H,1H3,(H,18,19). The fourth-order valence-electron chi connectivity index (χ4n) is 1.71. The smallest absolute Gasteiger partial charge is 0.335 e. The van der Waals surface area contributed by atoms with Crippen molar-refractivity contribution in [2.75, 3.05) is 6.26 Å². The lowest BCUT2D eigenvalue weighted by molar-refractivity contribution is 0.0697. The molecule has 0 bridgehead atoms. The summed E-state index contributed by atoms with van der Waals surface area (Å²) >= 11 is 7.46. The van der Waals surface area contributed by atoms with Crippen molar-refractivity contribution < 1.29 is 14.6 Å². The van der Waals surface area contributed by atoms with E-state index in [1.54, 1.807) is 12.1 Å². The highest BCUT2D eigenvalue weighted by atomic mass is 35.5. The number of hydrogen-bond acceptors (Lipinski definition) is 4. The van der Waals surface area contributed by atoms with Crippen molar-refractivity contribution in [3.63, 3.8) is 0 Å². The molecule has 0 aliphatic carbocycles. The van der Waals surface area contributed by atoms with Gasteiger partial charge in [0.05, 0.1) is 10.6 Å². The first kappa shape index (κ1) is 15.2. The van der Waals surface area contributed by atoms with E-state index in [9.17, 15) is 10.1 Å². The van der Waals surface area contributed by atoms with Crippen LogP contribution in [0.2, 0.25) is 5.02 Å². The largest absolute Gasteiger partial charge is 0.478 e. The van der Waals surface area contributed by atoms with Crippen molar-refractivity contribution in [2.45, 2.75) is 4.90 Å². The van der Waals surface area contributed by atoms with Gasteiger partial charge in [0.25, 0.3) is 0 Å². The maximum absolute atomic E-state index is 10.9. The Balaban J connectivity index is 2.39. The highest BCUT2D eigenvalue weighted by Gasteiger charge is 2.13. The molecular weight excluding hydrogens is 310 g/mol. The van der Waals surface area contributed by atoms with Crippen LogP contribution < -0.4 is 4.74 Å². The molecule has 4 nitrogen and oxygen atoms in total. The van der Waals surface area contributed by atoms with Gasteiger partial charge in [0.15, 0.2) is 0 Å². The number of carboxylic acids is 1. The SMILES string of the molecule is CSc1cccc(Oc2ccc(C(=O)O)cc2Cl)c1C#N. The predicted octanol–water partition coefficient (Wildman–Crippen LogP) is 4.42. The second-order valence-electron chi connectivity index (χ2n) is 4.00. The van der Waals surface area contributed by atoms with Crippen LogP contribution in [-0.2, 0) is 0 Å². The van der Waals surface area contributed by atoms with Crippen LogP contribution >= 0.6 is 23.4 Å². The molecule has 6 heteroatoms. The number of hydrogen-bond donors (Lipinski definition) is 1. The van der Waals surface area contributed by atoms with Gasteiger partial charge in [0.2, 0.25) is 0 Å². The van der Waals surface area contributed by atoms with E-state index in [1.807, 2.05) is 12.3 Å². The Morgan fingerprint density at radius 2 is 2.10 bits per heavy atom. The van der Waals surface area contributed by atoms with Crippen molar-refractivity contribution in [3.05, 3.63) is 52.5 Å². The number of aromatic carboxylic acids is 1. The van der Waals surface area contributed by atoms with E-state index in [1.165, 1.54) is 30.0 Å². The molecule has 0 unspecified atom stereocenters. The van der Waals surface area contributed by atoms with Gasteiger partial charge in [-0.25, -0.2) is 4.79 Å². The summed E-state index contributed by atoms with van der Waals surface area (Å²) in [6.07, 6.45) is 1.87. The Kier molecular flexibility index (Phi) is 4.73. The zero-order valence-electron chi connectivity index (χ0n) is 11.0. The van der Waals surface area contributed by atoms with E-state index in [0.717, 1.165) is 4.90 Å². The molecule has 2 aromatic rings. The molecule has 0 aromatic heterocycles. The monoisotopic (exact) mass is 319 g/mol. The van der Waals surface area contributed by atoms with E-state index in [-0.39, 0.29) is 10.6 Å². The second kappa shape index (κ2) is 6.53. The van der Waals surface area contributed by atoms with Crippen molar-refractivity contribution in [1.82, 2.24) is 0 Å². The van der Waals surface area contributed by atoms with Crippen LogP contribution in [0.15, 0.2) is 41.3 Å². The Morgan fingerprint density at radius 3 is 2.67 bits per heavy atom. The minimum absolute atomic E-state index is 0.0747. The van der Waals surface area contributed by atoms with Crippen LogP contribution in [0.1, 0.15) is 15.9 Å². The summed E-state index contributed by atoms with van der Waals surface area (Å²) in [7, 11) is 0. The highest BCUT2D eigenvalue weighted by Crippen LogP contribution is 2.34. The topological polar surface area (TPSA) is 70.3 Å². The summed E-state index contributed by atoms with van der Waals surface area (Å²) in [5, 5.41) is 18.3. The summed E-state index contributed by atoms with van der Waals surface area (Å²) in [6, 6.07) is 11.5. The zero-order chi connectivity index (χ0) is 15.4. The fraction of sp³-hybridized carbons (Fsp3) is 0.0667. The zero-order valence-corrected chi connectivity index (χ0v) is 12.5. The summed E-state index contributed by atoms with van der Waals surface area (Å²) in [6.45, 7) is 0. The van der Waals surface area contributed by atoms with E-state index < -0.39 is 5.97 Å². The minimum atomic E-state index is -1.06. The number of rotatable bonds is 4. The number of halogens is 1. The van der Waals surface area contributed by atoms with Crippen LogP contribution in [0.5, 0.6) is 11.5 Å². The van der Waals surface area contributed by atoms with Crippen LogP contribution in [0.3, 0.4) is 0 Å². The lowest BCUT2D eigenvalue weighted by Gasteiger charge is -2.11. The van der Waals surface area contributed by atoms with Gasteiger partial charge < -0.3 is 9.84 Å². The van der Waals surface area contributed by atoms with Gasteiger partial charge in [0, 0.05) is 4.90 Å². The highest BCUT2D eigenvalue weighted by molar-refractivity contribution is 7.98. The van der Waals surface area contributed by atoms with Crippen LogP contribution in [0.4, 0.5) is 0 Å². The predicted molar refractivity (Wildman–Crippen MR) is 81.4 cm³/mol. The number of benzene rings is 2. The maximum Gasteiger partial charge on any atom is 0.335 e. The average Bonchev–Trinajstić information content (AvgIpc) is 2.48. The van der Waals surface area contributed by atoms with Crippen LogP contribution in [0, 0.1) is 11.3 Å². The molecule has 0 spiro atoms. The Hall–Kier alpha value is -2.16. The minimum Gasteiger partial charge on any atom is -0.478 e. The van der Waals surface area contributed by atoms with Gasteiger partial charge in [-0.15, -0.1) is 11.8 Å². The molecule has 0 fully saturated rings. The first-order chi connectivity index (χ1) is 10.1. The van der Waals surface area contributed by atoms with Crippen molar-refractivity contribution in [3.8, 4) is 17.6 Å². The van der Waals surface area contributed by atoms with Crippen LogP contribution in [0.25, 0.3) is 0 Å². The molecule has 0 radical (unpaired) electrons. The molecule has 0 atom stereocenters. The molecular formula is C15H10ClNO3S. The third-order valence-corrected chi connectivity index (χ3v) is 3.79. The molecule has 2 aromatic carbocycles. The van der Waals surface area contributed by atoms with Gasteiger partial charge in [0.1, 0.15) is 23.1 Å². The molecule has 1 N–H and O–H groups in total. The van der Waals surface area contributed by atoms with E-state index in [4.69, 9.17) is 21.4 Å². The number of carboxylic acid groups (broad SMARTS) is 1. The van der Waals surface area contributed by atoms with E-state index >= 15 is 0 Å². The quantitative estimate of drug-likeness (QED) is 0.844. The van der Waals surface area contributed by atoms with Gasteiger partial charge in [-0.1, -0.05) is 17.7 Å². The fourth-order valence-corrected chi connectivity index (χ4v) is 2.50. The molecule has 0 heterocycles. The number of nitrogens with zero attached hydrogens (tertiary/aromatic N) is 1. The van der Waals surface area contributed by atoms with E-state index in [0.29, 0.717) is 17.1 Å². The van der Waals surface area contributed by atoms with Crippen molar-refractivity contribution in [1.29, 1.82) is 5.26 Å². The Morgan fingerprint density at radius 1 is 1.33 bits per heavy atom. The number of thioether (sulfide) groups is 1. The Bertz CT molecular complexity index is 740. The summed E-state index contributed by atoms with van der Waals surface area (Å²) in [5.74, 6) is -0.378. The van der Waals surface area contributed by atoms with Gasteiger partial charge in [-0.05, 0) is 36.6 Å². The summed E-state index contributed by atoms with van der Waals surface area (Å²) in [5.41, 5.74) is 0.495. The number of carbonyl (C=O) groups is 1. The molecule has 0 saturated carbocycles. The van der Waals surface area contributed by atoms with Crippen molar-refractivity contribution >= 4 is 29.3 Å². The lowest BCUT2D eigenvalue weighted by Crippen LogP contribution is -1.97. The maximum atomic E-state index is 10.9. The number of ether oxygens (including phenoxy) is 1. The van der Waals surface area contributed by atoms with Gasteiger partial charge >= 0.3 is 5.97 Å². The first-order valence-corrected chi connectivity index (χ1v) is 7.45. The molecule has 0 amide bonds. The summed E-state index contributed by atoms with van der Waals surface area (Å²) < 4.78 is 5.65. The normalized spacial score (nSPS) is 9.95. The third-order valence-electron chi connectivity index (χ3n) is 2.72. The first-order valence-electron chi connectivity index (χ1n) is 5.84. The van der Waals surface area contributed by atoms with Gasteiger partial charge in [-0.2, -0.15) is 5.26 Å². The molecule has 106 valence electrons. The van der Waals surface area contributed by atoms with Crippen LogP contribution in [-0.4, -0.2) is 17.3 Å². The number of nitriles is 1. The summed E-state index contributed by atoms with van der Waals surface area (Å²) in [4.78, 5) is 11.7. The molecule has 0 aliphatic heterocycles. The average molecular weight is 320 g/mol. The lowest BCUT2D eigenvalue weighted by atomic mass is 10.2.